The first-order chi connectivity index (χ1) is 13.2. The Labute approximate surface area is 163 Å². The number of likely N-dealkylation sites (tertiary alicyclic amines) is 1. The van der Waals surface area contributed by atoms with Crippen LogP contribution in [0.3, 0.4) is 0 Å². The monoisotopic (exact) mass is 374 g/mol. The summed E-state index contributed by atoms with van der Waals surface area (Å²) in [4.78, 5) is 15.4. The van der Waals surface area contributed by atoms with Gasteiger partial charge in [0, 0.05) is 18.5 Å². The maximum Gasteiger partial charge on any atom is 0.226 e. The molecule has 1 saturated heterocycles. The third-order valence-corrected chi connectivity index (χ3v) is 6.40. The molecule has 0 aromatic heterocycles. The van der Waals surface area contributed by atoms with E-state index in [9.17, 15) is 4.79 Å². The van der Waals surface area contributed by atoms with Crippen LogP contribution in [0, 0.1) is 11.8 Å². The normalized spacial score (nSPS) is 25.4. The van der Waals surface area contributed by atoms with E-state index in [0.717, 1.165) is 63.0 Å². The van der Waals surface area contributed by atoms with Crippen LogP contribution in [-0.2, 0) is 11.2 Å². The highest BCUT2D eigenvalue weighted by atomic mass is 16.5. The van der Waals surface area contributed by atoms with E-state index in [1.807, 2.05) is 6.07 Å². The van der Waals surface area contributed by atoms with E-state index < -0.39 is 0 Å². The second-order valence-corrected chi connectivity index (χ2v) is 7.94. The summed E-state index contributed by atoms with van der Waals surface area (Å²) in [5, 5.41) is 0. The van der Waals surface area contributed by atoms with Crippen molar-refractivity contribution in [3.8, 4) is 11.5 Å². The lowest BCUT2D eigenvalue weighted by molar-refractivity contribution is -0.140. The van der Waals surface area contributed by atoms with E-state index in [2.05, 4.69) is 17.0 Å². The topological polar surface area (TPSA) is 64.8 Å². The lowest BCUT2D eigenvalue weighted by Gasteiger charge is -2.38. The van der Waals surface area contributed by atoms with E-state index in [1.54, 1.807) is 14.2 Å². The summed E-state index contributed by atoms with van der Waals surface area (Å²) in [5.74, 6) is 2.41. The van der Waals surface area contributed by atoms with Crippen LogP contribution in [0.15, 0.2) is 18.2 Å². The first kappa shape index (κ1) is 20.0. The molecule has 1 aliphatic carbocycles. The number of hydrogen-bond acceptors (Lipinski definition) is 4. The number of carbonyl (C=O) groups is 1. The molecule has 0 spiro atoms. The number of nitrogens with zero attached hydrogens (tertiary/aromatic N) is 1. The number of aryl methyl sites for hydroxylation is 1. The van der Waals surface area contributed by atoms with Crippen LogP contribution < -0.4 is 15.2 Å². The SMILES string of the molecule is COc1ccc(CCC2CCCCN2C(=O)[C@@H]2CCC[C@@H]2CN)cc1OC. The zero-order valence-corrected chi connectivity index (χ0v) is 16.8. The minimum absolute atomic E-state index is 0.150. The van der Waals surface area contributed by atoms with Crippen LogP contribution in [0.1, 0.15) is 50.5 Å². The van der Waals surface area contributed by atoms with Gasteiger partial charge in [0.25, 0.3) is 0 Å². The van der Waals surface area contributed by atoms with Gasteiger partial charge in [-0.1, -0.05) is 12.5 Å². The Morgan fingerprint density at radius 1 is 1.11 bits per heavy atom. The molecule has 3 atom stereocenters. The van der Waals surface area contributed by atoms with Crippen LogP contribution in [0.4, 0.5) is 0 Å². The first-order valence-electron chi connectivity index (χ1n) is 10.4. The van der Waals surface area contributed by atoms with E-state index in [-0.39, 0.29) is 5.92 Å². The van der Waals surface area contributed by atoms with Crippen molar-refractivity contribution >= 4 is 5.91 Å². The second kappa shape index (κ2) is 9.45. The minimum Gasteiger partial charge on any atom is -0.493 e. The second-order valence-electron chi connectivity index (χ2n) is 7.94. The molecule has 1 aromatic rings. The van der Waals surface area contributed by atoms with Gasteiger partial charge in [-0.15, -0.1) is 0 Å². The van der Waals surface area contributed by atoms with Gasteiger partial charge in [0.05, 0.1) is 14.2 Å². The van der Waals surface area contributed by atoms with Crippen molar-refractivity contribution in [2.45, 2.75) is 57.4 Å². The Morgan fingerprint density at radius 2 is 1.93 bits per heavy atom. The number of ether oxygens (including phenoxy) is 2. The van der Waals surface area contributed by atoms with Gasteiger partial charge in [0.1, 0.15) is 0 Å². The molecule has 27 heavy (non-hydrogen) atoms. The first-order valence-corrected chi connectivity index (χ1v) is 10.4. The Morgan fingerprint density at radius 3 is 2.67 bits per heavy atom. The third-order valence-electron chi connectivity index (χ3n) is 6.40. The lowest BCUT2D eigenvalue weighted by atomic mass is 9.90. The third kappa shape index (κ3) is 4.57. The average Bonchev–Trinajstić information content (AvgIpc) is 3.20. The Balaban J connectivity index is 1.65. The Hall–Kier alpha value is -1.75. The summed E-state index contributed by atoms with van der Waals surface area (Å²) in [7, 11) is 3.32. The summed E-state index contributed by atoms with van der Waals surface area (Å²) in [5.41, 5.74) is 7.15. The molecule has 2 N–H and O–H groups in total. The molecule has 2 aliphatic rings. The van der Waals surface area contributed by atoms with Crippen molar-refractivity contribution in [1.82, 2.24) is 4.90 Å². The molecular formula is C22H34N2O3. The van der Waals surface area contributed by atoms with Crippen molar-refractivity contribution < 1.29 is 14.3 Å². The summed E-state index contributed by atoms with van der Waals surface area (Å²) < 4.78 is 10.7. The lowest BCUT2D eigenvalue weighted by Crippen LogP contribution is -2.47. The van der Waals surface area contributed by atoms with Gasteiger partial charge in [0.2, 0.25) is 5.91 Å². The molecule has 1 aromatic carbocycles. The van der Waals surface area contributed by atoms with Crippen molar-refractivity contribution in [3.05, 3.63) is 23.8 Å². The molecule has 1 amide bonds. The number of nitrogens with two attached hydrogens (primary N) is 1. The fraction of sp³-hybridized carbons (Fsp3) is 0.682. The highest BCUT2D eigenvalue weighted by molar-refractivity contribution is 5.80. The minimum atomic E-state index is 0.150. The summed E-state index contributed by atoms with van der Waals surface area (Å²) in [6.07, 6.45) is 8.66. The fourth-order valence-corrected chi connectivity index (χ4v) is 4.82. The summed E-state index contributed by atoms with van der Waals surface area (Å²) in [6, 6.07) is 6.45. The molecule has 0 bridgehead atoms. The zero-order valence-electron chi connectivity index (χ0n) is 16.8. The molecule has 150 valence electrons. The van der Waals surface area contributed by atoms with Crippen LogP contribution in [0.5, 0.6) is 11.5 Å². The van der Waals surface area contributed by atoms with Crippen LogP contribution in [0.2, 0.25) is 0 Å². The number of methoxy groups -OCH3 is 2. The van der Waals surface area contributed by atoms with E-state index in [0.29, 0.717) is 24.4 Å². The van der Waals surface area contributed by atoms with Crippen LogP contribution in [0.25, 0.3) is 0 Å². The van der Waals surface area contributed by atoms with Crippen LogP contribution in [-0.4, -0.2) is 44.2 Å². The Kier molecular flexibility index (Phi) is 7.00. The van der Waals surface area contributed by atoms with Gasteiger partial charge in [-0.05, 0) is 75.1 Å². The smallest absolute Gasteiger partial charge is 0.226 e. The molecule has 1 saturated carbocycles. The van der Waals surface area contributed by atoms with Gasteiger partial charge in [-0.2, -0.15) is 0 Å². The molecule has 1 heterocycles. The zero-order chi connectivity index (χ0) is 19.2. The number of rotatable bonds is 7. The van der Waals surface area contributed by atoms with E-state index >= 15 is 0 Å². The van der Waals surface area contributed by atoms with Crippen LogP contribution >= 0.6 is 0 Å². The largest absolute Gasteiger partial charge is 0.493 e. The predicted molar refractivity (Wildman–Crippen MR) is 107 cm³/mol. The summed E-state index contributed by atoms with van der Waals surface area (Å²) in [6.45, 7) is 1.55. The Bertz CT molecular complexity index is 634. The van der Waals surface area contributed by atoms with Crippen molar-refractivity contribution in [1.29, 1.82) is 0 Å². The van der Waals surface area contributed by atoms with Crippen molar-refractivity contribution in [2.75, 3.05) is 27.3 Å². The maximum absolute atomic E-state index is 13.2. The predicted octanol–water partition coefficient (Wildman–Crippen LogP) is 3.39. The highest BCUT2D eigenvalue weighted by Crippen LogP contribution is 2.35. The number of piperidine rings is 1. The number of carbonyl (C=O) groups excluding carboxylic acids is 1. The molecule has 1 aliphatic heterocycles. The molecule has 3 rings (SSSR count). The molecule has 0 radical (unpaired) electrons. The van der Waals surface area contributed by atoms with E-state index in [1.165, 1.54) is 12.0 Å². The maximum atomic E-state index is 13.2. The summed E-state index contributed by atoms with van der Waals surface area (Å²) >= 11 is 0. The van der Waals surface area contributed by atoms with Gasteiger partial charge < -0.3 is 20.1 Å². The quantitative estimate of drug-likeness (QED) is 0.794. The highest BCUT2D eigenvalue weighted by Gasteiger charge is 2.37. The standard InChI is InChI=1S/C22H34N2O3/c1-26-20-12-10-16(14-21(20)27-2)9-11-18-7-3-4-13-24(18)22(25)19-8-5-6-17(19)15-23/h10,12,14,17-19H,3-9,11,13,15,23H2,1-2H3/t17-,18?,19-/m1/s1. The van der Waals surface area contributed by atoms with Gasteiger partial charge in [-0.3, -0.25) is 4.79 Å². The van der Waals surface area contributed by atoms with Gasteiger partial charge in [-0.25, -0.2) is 0 Å². The van der Waals surface area contributed by atoms with Crippen molar-refractivity contribution in [3.63, 3.8) is 0 Å². The molecule has 5 nitrogen and oxygen atoms in total. The van der Waals surface area contributed by atoms with Crippen molar-refractivity contribution in [2.24, 2.45) is 17.6 Å². The molecule has 2 fully saturated rings. The number of amides is 1. The molecule has 1 unspecified atom stereocenters. The van der Waals surface area contributed by atoms with Gasteiger partial charge in [0.15, 0.2) is 11.5 Å². The molecule has 5 heteroatoms. The van der Waals surface area contributed by atoms with E-state index in [4.69, 9.17) is 15.2 Å². The number of hydrogen-bond donors (Lipinski definition) is 1. The number of benzene rings is 1. The van der Waals surface area contributed by atoms with Gasteiger partial charge >= 0.3 is 0 Å². The fourth-order valence-electron chi connectivity index (χ4n) is 4.82. The average molecular weight is 375 g/mol. The molecular weight excluding hydrogens is 340 g/mol.